The number of rotatable bonds is 4. The number of H-pyrrole nitrogens is 1. The Kier molecular flexibility index (Phi) is 4.44. The molecule has 6 nitrogen and oxygen atoms in total. The van der Waals surface area contributed by atoms with Crippen molar-refractivity contribution in [3.8, 4) is 5.69 Å². The van der Waals surface area contributed by atoms with Gasteiger partial charge in [0.15, 0.2) is 0 Å². The van der Waals surface area contributed by atoms with Crippen LogP contribution in [0.3, 0.4) is 0 Å². The van der Waals surface area contributed by atoms with Gasteiger partial charge in [0.1, 0.15) is 0 Å². The summed E-state index contributed by atoms with van der Waals surface area (Å²) < 4.78 is 1.51. The summed E-state index contributed by atoms with van der Waals surface area (Å²) in [6.07, 6.45) is 3.23. The number of carbonyl (C=O) groups is 1. The summed E-state index contributed by atoms with van der Waals surface area (Å²) in [5, 5.41) is 12.9. The zero-order valence-electron chi connectivity index (χ0n) is 15.0. The molecule has 2 heterocycles. The van der Waals surface area contributed by atoms with Gasteiger partial charge in [0.25, 0.3) is 11.5 Å². The van der Waals surface area contributed by atoms with Gasteiger partial charge in [-0.3, -0.25) is 14.7 Å². The van der Waals surface area contributed by atoms with Crippen molar-refractivity contribution < 1.29 is 9.90 Å². The van der Waals surface area contributed by atoms with E-state index < -0.39 is 0 Å². The van der Waals surface area contributed by atoms with Crippen LogP contribution in [0.1, 0.15) is 42.2 Å². The standard InChI is InChI=1S/C20H25N3O3/c1-2-3-16-10-19(25)23(21-16)17-6-4-13(5-7-17)20(26)22-11-14-8-18(24)9-15(14)12-22/h4-7,10,14-15,18,21,24H,2-3,8-9,11-12H2,1H3/t14-,15+,18?. The van der Waals surface area contributed by atoms with E-state index in [0.717, 1.165) is 50.2 Å². The maximum Gasteiger partial charge on any atom is 0.271 e. The molecule has 1 unspecified atom stereocenters. The van der Waals surface area contributed by atoms with Crippen LogP contribution in [-0.2, 0) is 6.42 Å². The third-order valence-corrected chi connectivity index (χ3v) is 5.68. The third-order valence-electron chi connectivity index (χ3n) is 5.68. The lowest BCUT2D eigenvalue weighted by atomic mass is 10.0. The second kappa shape index (κ2) is 6.76. The first-order chi connectivity index (χ1) is 12.5. The molecular weight excluding hydrogens is 330 g/mol. The fourth-order valence-corrected chi connectivity index (χ4v) is 4.40. The predicted octanol–water partition coefficient (Wildman–Crippen LogP) is 1.96. The summed E-state index contributed by atoms with van der Waals surface area (Å²) in [7, 11) is 0. The Hall–Kier alpha value is -2.34. The average molecular weight is 355 g/mol. The average Bonchev–Trinajstić information content (AvgIpc) is 3.27. The van der Waals surface area contributed by atoms with Gasteiger partial charge in [-0.25, -0.2) is 4.68 Å². The Morgan fingerprint density at radius 3 is 2.46 bits per heavy atom. The van der Waals surface area contributed by atoms with Gasteiger partial charge in [-0.15, -0.1) is 0 Å². The summed E-state index contributed by atoms with van der Waals surface area (Å²) in [4.78, 5) is 26.8. The Bertz CT molecular complexity index is 838. The number of aliphatic hydroxyl groups excluding tert-OH is 1. The van der Waals surface area contributed by atoms with E-state index in [0.29, 0.717) is 17.4 Å². The molecule has 2 aliphatic rings. The maximum atomic E-state index is 12.8. The summed E-state index contributed by atoms with van der Waals surface area (Å²) in [5.74, 6) is 0.899. The predicted molar refractivity (Wildman–Crippen MR) is 98.5 cm³/mol. The molecule has 1 aliphatic heterocycles. The zero-order chi connectivity index (χ0) is 18.3. The Morgan fingerprint density at radius 2 is 1.85 bits per heavy atom. The first-order valence-electron chi connectivity index (χ1n) is 9.44. The summed E-state index contributed by atoms with van der Waals surface area (Å²) in [6, 6.07) is 8.81. The van der Waals surface area contributed by atoms with Crippen LogP contribution in [-0.4, -0.2) is 44.9 Å². The van der Waals surface area contributed by atoms with E-state index in [1.165, 1.54) is 4.68 Å². The van der Waals surface area contributed by atoms with Crippen LogP contribution in [0.2, 0.25) is 0 Å². The first-order valence-corrected chi connectivity index (χ1v) is 9.44. The smallest absolute Gasteiger partial charge is 0.271 e. The first kappa shape index (κ1) is 17.1. The maximum absolute atomic E-state index is 12.8. The van der Waals surface area contributed by atoms with E-state index >= 15 is 0 Å². The van der Waals surface area contributed by atoms with Gasteiger partial charge in [0.2, 0.25) is 0 Å². The minimum absolute atomic E-state index is 0.0333. The van der Waals surface area contributed by atoms with E-state index in [-0.39, 0.29) is 17.6 Å². The SMILES string of the molecule is CCCc1cc(=O)n(-c2ccc(C(=O)N3C[C@H]4CC(O)C[C@H]4C3)cc2)[nH]1. The number of aryl methyl sites for hydroxylation is 1. The van der Waals surface area contributed by atoms with Crippen molar-refractivity contribution in [3.05, 3.63) is 51.9 Å². The molecule has 138 valence electrons. The fraction of sp³-hybridized carbons (Fsp3) is 0.500. The number of carbonyl (C=O) groups excluding carboxylic acids is 1. The van der Waals surface area contributed by atoms with Crippen molar-refractivity contribution in [1.29, 1.82) is 0 Å². The molecule has 2 aromatic rings. The third kappa shape index (κ3) is 3.09. The number of nitrogens with zero attached hydrogens (tertiary/aromatic N) is 2. The van der Waals surface area contributed by atoms with Gasteiger partial charge >= 0.3 is 0 Å². The monoisotopic (exact) mass is 355 g/mol. The minimum atomic E-state index is -0.196. The number of hydrogen-bond acceptors (Lipinski definition) is 3. The Labute approximate surface area is 152 Å². The number of nitrogens with one attached hydrogen (secondary N) is 1. The van der Waals surface area contributed by atoms with Crippen molar-refractivity contribution in [2.24, 2.45) is 11.8 Å². The van der Waals surface area contributed by atoms with Crippen LogP contribution in [0.25, 0.3) is 5.69 Å². The topological polar surface area (TPSA) is 78.3 Å². The molecular formula is C20H25N3O3. The van der Waals surface area contributed by atoms with E-state index in [9.17, 15) is 14.7 Å². The molecule has 0 spiro atoms. The molecule has 3 atom stereocenters. The van der Waals surface area contributed by atoms with Crippen molar-refractivity contribution in [2.75, 3.05) is 13.1 Å². The quantitative estimate of drug-likeness (QED) is 0.880. The number of aliphatic hydroxyl groups is 1. The van der Waals surface area contributed by atoms with Gasteiger partial charge in [-0.1, -0.05) is 13.3 Å². The number of hydrogen-bond donors (Lipinski definition) is 2. The second-order valence-electron chi connectivity index (χ2n) is 7.61. The minimum Gasteiger partial charge on any atom is -0.393 e. The lowest BCUT2D eigenvalue weighted by Gasteiger charge is -2.18. The number of aromatic nitrogens is 2. The van der Waals surface area contributed by atoms with Crippen LogP contribution in [0.4, 0.5) is 0 Å². The highest BCUT2D eigenvalue weighted by Crippen LogP contribution is 2.38. The molecule has 1 amide bonds. The van der Waals surface area contributed by atoms with Crippen molar-refractivity contribution in [3.63, 3.8) is 0 Å². The molecule has 4 rings (SSSR count). The molecule has 1 saturated heterocycles. The fourth-order valence-electron chi connectivity index (χ4n) is 4.40. The second-order valence-corrected chi connectivity index (χ2v) is 7.61. The van der Waals surface area contributed by atoms with E-state index in [4.69, 9.17) is 0 Å². The van der Waals surface area contributed by atoms with Gasteiger partial charge in [0, 0.05) is 30.4 Å². The normalized spacial score (nSPS) is 24.8. The number of benzene rings is 1. The number of aromatic amines is 1. The summed E-state index contributed by atoms with van der Waals surface area (Å²) in [6.45, 7) is 3.54. The zero-order valence-corrected chi connectivity index (χ0v) is 15.0. The van der Waals surface area contributed by atoms with Crippen LogP contribution < -0.4 is 5.56 Å². The number of fused-ring (bicyclic) bond motifs is 1. The van der Waals surface area contributed by atoms with Gasteiger partial charge in [0.05, 0.1) is 11.8 Å². The van der Waals surface area contributed by atoms with Crippen LogP contribution in [0.15, 0.2) is 35.1 Å². The number of likely N-dealkylation sites (tertiary alicyclic amines) is 1. The van der Waals surface area contributed by atoms with Crippen molar-refractivity contribution in [2.45, 2.75) is 38.7 Å². The van der Waals surface area contributed by atoms with E-state index in [1.54, 1.807) is 18.2 Å². The molecule has 0 radical (unpaired) electrons. The summed E-state index contributed by atoms with van der Waals surface area (Å²) >= 11 is 0. The Morgan fingerprint density at radius 1 is 1.19 bits per heavy atom. The van der Waals surface area contributed by atoms with E-state index in [2.05, 4.69) is 12.0 Å². The van der Waals surface area contributed by atoms with Gasteiger partial charge in [-0.05, 0) is 55.4 Å². The van der Waals surface area contributed by atoms with Crippen LogP contribution in [0.5, 0.6) is 0 Å². The molecule has 0 bridgehead atoms. The molecule has 1 aromatic carbocycles. The number of amides is 1. The van der Waals surface area contributed by atoms with Gasteiger partial charge in [-0.2, -0.15) is 0 Å². The highest BCUT2D eigenvalue weighted by molar-refractivity contribution is 5.94. The van der Waals surface area contributed by atoms with Crippen molar-refractivity contribution >= 4 is 5.91 Å². The van der Waals surface area contributed by atoms with Gasteiger partial charge < -0.3 is 10.0 Å². The highest BCUT2D eigenvalue weighted by Gasteiger charge is 2.41. The van der Waals surface area contributed by atoms with Crippen LogP contribution >= 0.6 is 0 Å². The van der Waals surface area contributed by atoms with Crippen LogP contribution in [0, 0.1) is 11.8 Å². The van der Waals surface area contributed by atoms with Crippen molar-refractivity contribution in [1.82, 2.24) is 14.7 Å². The highest BCUT2D eigenvalue weighted by atomic mass is 16.3. The molecule has 6 heteroatoms. The lowest BCUT2D eigenvalue weighted by molar-refractivity contribution is 0.0765. The largest absolute Gasteiger partial charge is 0.393 e. The lowest BCUT2D eigenvalue weighted by Crippen LogP contribution is -2.30. The molecule has 2 fully saturated rings. The summed E-state index contributed by atoms with van der Waals surface area (Å²) in [5.41, 5.74) is 2.21. The molecule has 26 heavy (non-hydrogen) atoms. The molecule has 1 aromatic heterocycles. The molecule has 2 N–H and O–H groups in total. The molecule has 1 saturated carbocycles. The molecule has 1 aliphatic carbocycles. The Balaban J connectivity index is 1.48. The van der Waals surface area contributed by atoms with E-state index in [1.807, 2.05) is 17.0 Å².